The van der Waals surface area contributed by atoms with Gasteiger partial charge in [-0.15, -0.1) is 0 Å². The second-order valence-electron chi connectivity index (χ2n) is 7.19. The average molecular weight is 483 g/mol. The quantitative estimate of drug-likeness (QED) is 0.270. The molecule has 0 aliphatic carbocycles. The molecule has 0 saturated carbocycles. The Hall–Kier alpha value is -2.35. The molecule has 4 aromatic rings. The van der Waals surface area contributed by atoms with E-state index in [9.17, 15) is 4.79 Å². The molecule has 1 saturated heterocycles. The van der Waals surface area contributed by atoms with Gasteiger partial charge in [0.25, 0.3) is 0 Å². The maximum Gasteiger partial charge on any atom is 0.345 e. The Bertz CT molecular complexity index is 1240. The molecule has 2 aromatic heterocycles. The monoisotopic (exact) mass is 482 g/mol. The minimum atomic E-state index is -0.384. The number of hydrogen-bond donors (Lipinski definition) is 0. The van der Waals surface area contributed by atoms with E-state index in [1.807, 2.05) is 59.3 Å². The Balaban J connectivity index is 1.57. The lowest BCUT2D eigenvalue weighted by molar-refractivity contribution is 0.129. The first-order chi connectivity index (χ1) is 14.7. The van der Waals surface area contributed by atoms with Crippen molar-refractivity contribution in [1.82, 2.24) is 9.55 Å². The fourth-order valence-corrected chi connectivity index (χ4v) is 4.89. The topological polar surface area (TPSA) is 57.3 Å². The van der Waals surface area contributed by atoms with Gasteiger partial charge in [-0.3, -0.25) is 4.57 Å². The third kappa shape index (κ3) is 3.97. The maximum atomic E-state index is 12.7. The molecule has 1 aliphatic heterocycles. The van der Waals surface area contributed by atoms with Crippen molar-refractivity contribution in [2.24, 2.45) is 0 Å². The van der Waals surface area contributed by atoms with Gasteiger partial charge in [-0.25, -0.2) is 9.78 Å². The highest BCUT2D eigenvalue weighted by atomic mass is 79.9. The van der Waals surface area contributed by atoms with Crippen LogP contribution in [0.25, 0.3) is 27.9 Å². The van der Waals surface area contributed by atoms with Gasteiger partial charge in [-0.2, -0.15) is 0 Å². The van der Waals surface area contributed by atoms with Crippen molar-refractivity contribution in [1.29, 1.82) is 0 Å². The number of aromatic nitrogens is 2. The minimum absolute atomic E-state index is 0.249. The Labute approximate surface area is 186 Å². The number of nitrogens with zero attached hydrogens (tertiary/aromatic N) is 2. The third-order valence-corrected chi connectivity index (χ3v) is 6.73. The Morgan fingerprint density at radius 2 is 2.00 bits per heavy atom. The van der Waals surface area contributed by atoms with Gasteiger partial charge in [0.05, 0.1) is 17.4 Å². The third-order valence-electron chi connectivity index (χ3n) is 5.12. The van der Waals surface area contributed by atoms with Crippen LogP contribution in [0.4, 0.5) is 0 Å². The van der Waals surface area contributed by atoms with Crippen molar-refractivity contribution in [3.63, 3.8) is 0 Å². The summed E-state index contributed by atoms with van der Waals surface area (Å²) in [6.07, 6.45) is 4.34. The fraction of sp³-hybridized carbons (Fsp3) is 0.217. The van der Waals surface area contributed by atoms with Gasteiger partial charge in [0.1, 0.15) is 5.58 Å². The largest absolute Gasteiger partial charge is 0.422 e. The van der Waals surface area contributed by atoms with E-state index in [0.29, 0.717) is 16.8 Å². The molecule has 1 atom stereocenters. The summed E-state index contributed by atoms with van der Waals surface area (Å²) in [4.78, 5) is 17.5. The molecule has 1 unspecified atom stereocenters. The lowest BCUT2D eigenvalue weighted by Crippen LogP contribution is -2.08. The van der Waals surface area contributed by atoms with E-state index >= 15 is 0 Å². The first-order valence-electron chi connectivity index (χ1n) is 9.80. The zero-order chi connectivity index (χ0) is 20.5. The van der Waals surface area contributed by atoms with Crippen LogP contribution in [0, 0.1) is 0 Å². The lowest BCUT2D eigenvalue weighted by atomic mass is 10.1. The molecule has 0 spiro atoms. The van der Waals surface area contributed by atoms with Crippen molar-refractivity contribution >= 4 is 38.7 Å². The summed E-state index contributed by atoms with van der Waals surface area (Å²) >= 11 is 5.14. The van der Waals surface area contributed by atoms with Crippen LogP contribution in [0.1, 0.15) is 12.8 Å². The Morgan fingerprint density at radius 1 is 1.17 bits per heavy atom. The van der Waals surface area contributed by atoms with E-state index in [4.69, 9.17) is 14.1 Å². The molecule has 5 rings (SSSR count). The molecule has 2 aromatic carbocycles. The van der Waals surface area contributed by atoms with Crippen molar-refractivity contribution in [3.05, 3.63) is 75.7 Å². The van der Waals surface area contributed by atoms with E-state index in [-0.39, 0.29) is 11.7 Å². The minimum Gasteiger partial charge on any atom is -0.422 e. The molecule has 0 amide bonds. The molecular formula is C23H19BrN2O3S. The molecule has 152 valence electrons. The first kappa shape index (κ1) is 19.6. The fourth-order valence-electron chi connectivity index (χ4n) is 3.57. The van der Waals surface area contributed by atoms with Gasteiger partial charge >= 0.3 is 5.63 Å². The van der Waals surface area contributed by atoms with Crippen LogP contribution in [0.2, 0.25) is 0 Å². The van der Waals surface area contributed by atoms with Crippen molar-refractivity contribution in [2.45, 2.75) is 24.1 Å². The summed E-state index contributed by atoms with van der Waals surface area (Å²) in [6.45, 7) is 0.829. The van der Waals surface area contributed by atoms with E-state index in [1.54, 1.807) is 17.8 Å². The predicted octanol–water partition coefficient (Wildman–Crippen LogP) is 5.68. The number of thioether (sulfide) groups is 1. The van der Waals surface area contributed by atoms with Gasteiger partial charge in [0.2, 0.25) is 0 Å². The van der Waals surface area contributed by atoms with Crippen LogP contribution < -0.4 is 5.63 Å². The molecule has 1 fully saturated rings. The van der Waals surface area contributed by atoms with Gasteiger partial charge in [-0.05, 0) is 49.2 Å². The highest BCUT2D eigenvalue weighted by molar-refractivity contribution is 9.10. The maximum absolute atomic E-state index is 12.7. The SMILES string of the molecule is O=c1oc2ccccc2cc1-c1cn(-c2ccc(Br)cc2)c(SCC2CCCO2)n1. The van der Waals surface area contributed by atoms with Gasteiger partial charge in [-0.1, -0.05) is 45.9 Å². The number of halogens is 1. The summed E-state index contributed by atoms with van der Waals surface area (Å²) < 4.78 is 14.3. The summed E-state index contributed by atoms with van der Waals surface area (Å²) in [5.41, 5.74) is 2.24. The number of rotatable bonds is 5. The number of benzene rings is 2. The highest BCUT2D eigenvalue weighted by Gasteiger charge is 2.20. The highest BCUT2D eigenvalue weighted by Crippen LogP contribution is 2.30. The summed E-state index contributed by atoms with van der Waals surface area (Å²) in [5.74, 6) is 0.833. The predicted molar refractivity (Wildman–Crippen MR) is 122 cm³/mol. The van der Waals surface area contributed by atoms with Crippen molar-refractivity contribution in [3.8, 4) is 16.9 Å². The standard InChI is InChI=1S/C23H19BrN2O3S/c24-16-7-9-17(10-8-16)26-13-20(25-23(26)30-14-18-5-3-11-28-18)19-12-15-4-1-2-6-21(15)29-22(19)27/h1-2,4,6-10,12-13,18H,3,5,11,14H2. The molecule has 3 heterocycles. The first-order valence-corrected chi connectivity index (χ1v) is 11.6. The molecule has 30 heavy (non-hydrogen) atoms. The van der Waals surface area contributed by atoms with Crippen LogP contribution in [0.3, 0.4) is 0 Å². The van der Waals surface area contributed by atoms with Gasteiger partial charge < -0.3 is 9.15 Å². The van der Waals surface area contributed by atoms with Crippen molar-refractivity contribution < 1.29 is 9.15 Å². The van der Waals surface area contributed by atoms with Gasteiger partial charge in [0, 0.05) is 34.1 Å². The second kappa shape index (κ2) is 8.41. The zero-order valence-corrected chi connectivity index (χ0v) is 18.5. The number of imidazole rings is 1. The van der Waals surface area contributed by atoms with Crippen LogP contribution in [-0.4, -0.2) is 28.0 Å². The molecule has 1 aliphatic rings. The van der Waals surface area contributed by atoms with Crippen LogP contribution >= 0.6 is 27.7 Å². The van der Waals surface area contributed by atoms with Crippen LogP contribution in [-0.2, 0) is 4.74 Å². The van der Waals surface area contributed by atoms with E-state index in [0.717, 1.165) is 45.9 Å². The Morgan fingerprint density at radius 3 is 2.80 bits per heavy atom. The number of ether oxygens (including phenoxy) is 1. The summed E-state index contributed by atoms with van der Waals surface area (Å²) in [6, 6.07) is 17.4. The Kier molecular flexibility index (Phi) is 5.50. The van der Waals surface area contributed by atoms with E-state index in [1.165, 1.54) is 0 Å². The molecule has 0 radical (unpaired) electrons. The summed E-state index contributed by atoms with van der Waals surface area (Å²) in [7, 11) is 0. The molecule has 7 heteroatoms. The average Bonchev–Trinajstić information content (AvgIpc) is 3.42. The van der Waals surface area contributed by atoms with Gasteiger partial charge in [0.15, 0.2) is 5.16 Å². The summed E-state index contributed by atoms with van der Waals surface area (Å²) in [5, 5.41) is 1.70. The molecule has 5 nitrogen and oxygen atoms in total. The smallest absolute Gasteiger partial charge is 0.345 e. The van der Waals surface area contributed by atoms with E-state index < -0.39 is 0 Å². The molecular weight excluding hydrogens is 464 g/mol. The van der Waals surface area contributed by atoms with E-state index in [2.05, 4.69) is 15.9 Å². The molecule has 0 bridgehead atoms. The number of hydrogen-bond acceptors (Lipinski definition) is 5. The zero-order valence-electron chi connectivity index (χ0n) is 16.1. The second-order valence-corrected chi connectivity index (χ2v) is 9.09. The van der Waals surface area contributed by atoms with Crippen LogP contribution in [0.5, 0.6) is 0 Å². The van der Waals surface area contributed by atoms with Crippen molar-refractivity contribution in [2.75, 3.05) is 12.4 Å². The number of fused-ring (bicyclic) bond motifs is 1. The number of para-hydroxylation sites is 1. The van der Waals surface area contributed by atoms with Crippen LogP contribution in [0.15, 0.2) is 79.6 Å². The normalized spacial score (nSPS) is 16.4. The lowest BCUT2D eigenvalue weighted by Gasteiger charge is -2.10. The molecule has 0 N–H and O–H groups in total.